The van der Waals surface area contributed by atoms with Gasteiger partial charge in [-0.05, 0) is 13.3 Å². The van der Waals surface area contributed by atoms with Crippen molar-refractivity contribution in [3.63, 3.8) is 0 Å². The highest BCUT2D eigenvalue weighted by Crippen LogP contribution is 2.15. The van der Waals surface area contributed by atoms with Crippen molar-refractivity contribution in [1.29, 1.82) is 0 Å². The smallest absolute Gasteiger partial charge is 0.249 e. The van der Waals surface area contributed by atoms with E-state index in [9.17, 15) is 9.59 Å². The Labute approximate surface area is 104 Å². The van der Waals surface area contributed by atoms with Crippen LogP contribution in [0.4, 0.5) is 5.82 Å². The molecule has 1 atom stereocenters. The quantitative estimate of drug-likeness (QED) is 0.736. The minimum atomic E-state index is -0.452. The number of amides is 2. The van der Waals surface area contributed by atoms with Gasteiger partial charge in [-0.3, -0.25) is 14.9 Å². The third kappa shape index (κ3) is 2.93. The van der Waals surface area contributed by atoms with E-state index in [1.165, 1.54) is 6.33 Å². The summed E-state index contributed by atoms with van der Waals surface area (Å²) >= 11 is 0. The molecule has 2 heterocycles. The summed E-state index contributed by atoms with van der Waals surface area (Å²) in [5, 5.41) is 5.23. The first-order valence-corrected chi connectivity index (χ1v) is 5.74. The Morgan fingerprint density at radius 2 is 2.33 bits per heavy atom. The Morgan fingerprint density at radius 3 is 3.06 bits per heavy atom. The number of carbonyl (C=O) groups excluding carboxylic acids is 2. The minimum Gasteiger partial charge on any atom is -0.478 e. The van der Waals surface area contributed by atoms with Gasteiger partial charge in [-0.1, -0.05) is 0 Å². The Kier molecular flexibility index (Phi) is 3.71. The fourth-order valence-corrected chi connectivity index (χ4v) is 1.65. The second-order valence-electron chi connectivity index (χ2n) is 3.82. The van der Waals surface area contributed by atoms with Gasteiger partial charge in [0.2, 0.25) is 17.7 Å². The molecule has 96 valence electrons. The van der Waals surface area contributed by atoms with Crippen molar-refractivity contribution >= 4 is 17.6 Å². The molecule has 2 N–H and O–H groups in total. The molecule has 0 bridgehead atoms. The van der Waals surface area contributed by atoms with Crippen LogP contribution in [0, 0.1) is 0 Å². The lowest BCUT2D eigenvalue weighted by Gasteiger charge is -2.22. The van der Waals surface area contributed by atoms with E-state index in [-0.39, 0.29) is 11.8 Å². The lowest BCUT2D eigenvalue weighted by molar-refractivity contribution is -0.133. The summed E-state index contributed by atoms with van der Waals surface area (Å²) < 4.78 is 5.23. The fraction of sp³-hybridized carbons (Fsp3) is 0.455. The predicted octanol–water partition coefficient (Wildman–Crippen LogP) is 0.0924. The van der Waals surface area contributed by atoms with E-state index in [0.717, 1.165) is 0 Å². The van der Waals surface area contributed by atoms with Gasteiger partial charge in [0.25, 0.3) is 0 Å². The summed E-state index contributed by atoms with van der Waals surface area (Å²) in [7, 11) is 0. The van der Waals surface area contributed by atoms with Crippen LogP contribution in [0.15, 0.2) is 12.4 Å². The SMILES string of the molecule is CCOc1cc(NC2CCC(=O)NC2=O)ncn1. The van der Waals surface area contributed by atoms with Crippen molar-refractivity contribution in [1.82, 2.24) is 15.3 Å². The number of ether oxygens (including phenoxy) is 1. The van der Waals surface area contributed by atoms with Crippen LogP contribution in [0.25, 0.3) is 0 Å². The number of rotatable bonds is 4. The Balaban J connectivity index is 2.02. The summed E-state index contributed by atoms with van der Waals surface area (Å²) in [6, 6.07) is 1.17. The first-order valence-electron chi connectivity index (χ1n) is 5.74. The van der Waals surface area contributed by atoms with Gasteiger partial charge < -0.3 is 10.1 Å². The Bertz CT molecular complexity index is 463. The maximum absolute atomic E-state index is 11.6. The van der Waals surface area contributed by atoms with Gasteiger partial charge in [-0.15, -0.1) is 0 Å². The van der Waals surface area contributed by atoms with E-state index in [4.69, 9.17) is 4.74 Å². The minimum absolute atomic E-state index is 0.240. The zero-order chi connectivity index (χ0) is 13.0. The van der Waals surface area contributed by atoms with Gasteiger partial charge >= 0.3 is 0 Å². The van der Waals surface area contributed by atoms with E-state index < -0.39 is 6.04 Å². The number of piperidine rings is 1. The van der Waals surface area contributed by atoms with Gasteiger partial charge in [-0.2, -0.15) is 0 Å². The monoisotopic (exact) mass is 250 g/mol. The van der Waals surface area contributed by atoms with Gasteiger partial charge in [0, 0.05) is 12.5 Å². The number of nitrogens with one attached hydrogen (secondary N) is 2. The summed E-state index contributed by atoms with van der Waals surface area (Å²) in [5.41, 5.74) is 0. The molecule has 0 aromatic carbocycles. The normalized spacial score (nSPS) is 19.3. The predicted molar refractivity (Wildman–Crippen MR) is 63.0 cm³/mol. The molecule has 7 nitrogen and oxygen atoms in total. The van der Waals surface area contributed by atoms with Crippen LogP contribution in [0.1, 0.15) is 19.8 Å². The maximum atomic E-state index is 11.6. The molecular formula is C11H14N4O3. The third-order valence-electron chi connectivity index (χ3n) is 2.50. The number of carbonyl (C=O) groups is 2. The van der Waals surface area contributed by atoms with Crippen LogP contribution in [0.2, 0.25) is 0 Å². The third-order valence-corrected chi connectivity index (χ3v) is 2.50. The van der Waals surface area contributed by atoms with Crippen LogP contribution < -0.4 is 15.4 Å². The molecule has 0 saturated carbocycles. The maximum Gasteiger partial charge on any atom is 0.249 e. The lowest BCUT2D eigenvalue weighted by atomic mass is 10.1. The van der Waals surface area contributed by atoms with Gasteiger partial charge in [0.15, 0.2) is 0 Å². The van der Waals surface area contributed by atoms with Crippen molar-refractivity contribution < 1.29 is 14.3 Å². The van der Waals surface area contributed by atoms with Crippen molar-refractivity contribution in [2.75, 3.05) is 11.9 Å². The molecule has 0 radical (unpaired) electrons. The highest BCUT2D eigenvalue weighted by atomic mass is 16.5. The molecule has 1 aromatic heterocycles. The van der Waals surface area contributed by atoms with Crippen LogP contribution in [-0.2, 0) is 9.59 Å². The van der Waals surface area contributed by atoms with Crippen LogP contribution in [0.5, 0.6) is 5.88 Å². The molecule has 0 spiro atoms. The van der Waals surface area contributed by atoms with Crippen LogP contribution in [0.3, 0.4) is 0 Å². The van der Waals surface area contributed by atoms with E-state index in [0.29, 0.717) is 31.1 Å². The Morgan fingerprint density at radius 1 is 1.50 bits per heavy atom. The second kappa shape index (κ2) is 5.44. The number of nitrogens with zero attached hydrogens (tertiary/aromatic N) is 2. The Hall–Kier alpha value is -2.18. The molecule has 7 heteroatoms. The summed E-state index contributed by atoms with van der Waals surface area (Å²) in [4.78, 5) is 30.5. The molecule has 18 heavy (non-hydrogen) atoms. The molecule has 1 unspecified atom stereocenters. The summed E-state index contributed by atoms with van der Waals surface area (Å²) in [5.74, 6) is 0.379. The largest absolute Gasteiger partial charge is 0.478 e. The highest BCUT2D eigenvalue weighted by molar-refractivity contribution is 6.01. The van der Waals surface area contributed by atoms with Crippen LogP contribution in [-0.4, -0.2) is 34.4 Å². The number of hydrogen-bond donors (Lipinski definition) is 2. The first-order chi connectivity index (χ1) is 8.69. The zero-order valence-electron chi connectivity index (χ0n) is 9.97. The van der Waals surface area contributed by atoms with Crippen molar-refractivity contribution in [3.8, 4) is 5.88 Å². The molecule has 1 saturated heterocycles. The van der Waals surface area contributed by atoms with E-state index in [1.54, 1.807) is 6.07 Å². The number of imide groups is 1. The number of hydrogen-bond acceptors (Lipinski definition) is 6. The van der Waals surface area contributed by atoms with Crippen molar-refractivity contribution in [2.45, 2.75) is 25.8 Å². The first kappa shape index (κ1) is 12.3. The average Bonchev–Trinajstić information content (AvgIpc) is 2.34. The molecule has 1 aliphatic heterocycles. The average molecular weight is 250 g/mol. The van der Waals surface area contributed by atoms with Crippen molar-refractivity contribution in [2.24, 2.45) is 0 Å². The van der Waals surface area contributed by atoms with Crippen LogP contribution >= 0.6 is 0 Å². The number of anilines is 1. The zero-order valence-corrected chi connectivity index (χ0v) is 9.97. The molecule has 2 rings (SSSR count). The summed E-state index contributed by atoms with van der Waals surface area (Å²) in [6.07, 6.45) is 2.14. The van der Waals surface area contributed by atoms with Gasteiger partial charge in [-0.25, -0.2) is 9.97 Å². The van der Waals surface area contributed by atoms with E-state index in [2.05, 4.69) is 20.6 Å². The van der Waals surface area contributed by atoms with Crippen molar-refractivity contribution in [3.05, 3.63) is 12.4 Å². The molecule has 1 fully saturated rings. The lowest BCUT2D eigenvalue weighted by Crippen LogP contribution is -2.47. The molecular weight excluding hydrogens is 236 g/mol. The molecule has 0 aliphatic carbocycles. The van der Waals surface area contributed by atoms with E-state index in [1.807, 2.05) is 6.92 Å². The molecule has 1 aliphatic rings. The van der Waals surface area contributed by atoms with E-state index >= 15 is 0 Å². The second-order valence-corrected chi connectivity index (χ2v) is 3.82. The highest BCUT2D eigenvalue weighted by Gasteiger charge is 2.26. The molecule has 2 amide bonds. The molecule has 1 aromatic rings. The fourth-order valence-electron chi connectivity index (χ4n) is 1.65. The standard InChI is InChI=1S/C11H14N4O3/c1-2-18-10-5-8(12-6-13-10)14-7-3-4-9(16)15-11(7)17/h5-7H,2-4H2,1H3,(H,12,13,14)(H,15,16,17). The van der Waals surface area contributed by atoms with Gasteiger partial charge in [0.05, 0.1) is 6.61 Å². The van der Waals surface area contributed by atoms with Gasteiger partial charge in [0.1, 0.15) is 18.2 Å². The number of aromatic nitrogens is 2. The topological polar surface area (TPSA) is 93.2 Å². The summed E-state index contributed by atoms with van der Waals surface area (Å²) in [6.45, 7) is 2.37.